The zero-order valence-corrected chi connectivity index (χ0v) is 12.9. The van der Waals surface area contributed by atoms with E-state index in [9.17, 15) is 9.59 Å². The first-order chi connectivity index (χ1) is 10.5. The third-order valence-corrected chi connectivity index (χ3v) is 3.14. The van der Waals surface area contributed by atoms with Gasteiger partial charge in [0.2, 0.25) is 0 Å². The first-order valence-electron chi connectivity index (χ1n) is 7.10. The maximum absolute atomic E-state index is 11.9. The van der Waals surface area contributed by atoms with E-state index in [1.54, 1.807) is 45.2 Å². The standard InChI is InChI=1S/C17H19NO4/c1-11(2)16(19)21-8-4-5-13-9-12-6-7-14(18-3)10-15(12)22-17(13)20/h4-7,9-11,18H,8H2,1-3H3/b5-4+. The normalized spacial score (nSPS) is 11.3. The molecule has 0 amide bonds. The van der Waals surface area contributed by atoms with Crippen molar-refractivity contribution in [3.8, 4) is 0 Å². The Morgan fingerprint density at radius 2 is 2.14 bits per heavy atom. The van der Waals surface area contributed by atoms with Crippen molar-refractivity contribution in [2.45, 2.75) is 13.8 Å². The molecule has 0 atom stereocenters. The molecule has 1 heterocycles. The van der Waals surface area contributed by atoms with Gasteiger partial charge in [0.25, 0.3) is 0 Å². The van der Waals surface area contributed by atoms with Gasteiger partial charge in [0.05, 0.1) is 11.5 Å². The summed E-state index contributed by atoms with van der Waals surface area (Å²) in [4.78, 5) is 23.2. The van der Waals surface area contributed by atoms with Gasteiger partial charge in [-0.25, -0.2) is 4.79 Å². The van der Waals surface area contributed by atoms with E-state index < -0.39 is 5.63 Å². The quantitative estimate of drug-likeness (QED) is 0.679. The highest BCUT2D eigenvalue weighted by molar-refractivity contribution is 5.82. The Kier molecular flexibility index (Phi) is 4.99. The third kappa shape index (κ3) is 3.75. The van der Waals surface area contributed by atoms with Gasteiger partial charge in [0, 0.05) is 24.2 Å². The predicted octanol–water partition coefficient (Wildman–Crippen LogP) is 3.05. The minimum atomic E-state index is -0.424. The highest BCUT2D eigenvalue weighted by atomic mass is 16.5. The molecule has 1 aromatic carbocycles. The Balaban J connectivity index is 2.16. The number of esters is 1. The third-order valence-electron chi connectivity index (χ3n) is 3.14. The Hall–Kier alpha value is -2.56. The first kappa shape index (κ1) is 15.8. The fourth-order valence-electron chi connectivity index (χ4n) is 1.87. The van der Waals surface area contributed by atoms with Gasteiger partial charge in [0.1, 0.15) is 12.2 Å². The van der Waals surface area contributed by atoms with Gasteiger partial charge >= 0.3 is 11.6 Å². The monoisotopic (exact) mass is 301 g/mol. The summed E-state index contributed by atoms with van der Waals surface area (Å²) in [5.74, 6) is -0.435. The lowest BCUT2D eigenvalue weighted by Gasteiger charge is -2.04. The number of hydrogen-bond donors (Lipinski definition) is 1. The Labute approximate surface area is 128 Å². The van der Waals surface area contributed by atoms with Crippen molar-refractivity contribution in [2.75, 3.05) is 19.0 Å². The summed E-state index contributed by atoms with van der Waals surface area (Å²) in [6.45, 7) is 3.67. The summed E-state index contributed by atoms with van der Waals surface area (Å²) in [5, 5.41) is 3.82. The lowest BCUT2D eigenvalue weighted by Crippen LogP contribution is -2.11. The van der Waals surface area contributed by atoms with Gasteiger partial charge in [-0.1, -0.05) is 13.8 Å². The van der Waals surface area contributed by atoms with Crippen LogP contribution in [0.4, 0.5) is 5.69 Å². The summed E-state index contributed by atoms with van der Waals surface area (Å²) in [5.41, 5.74) is 1.40. The van der Waals surface area contributed by atoms with Gasteiger partial charge in [-0.05, 0) is 30.4 Å². The molecule has 22 heavy (non-hydrogen) atoms. The molecule has 0 aliphatic heterocycles. The highest BCUT2D eigenvalue weighted by Gasteiger charge is 2.07. The molecule has 0 saturated heterocycles. The zero-order valence-electron chi connectivity index (χ0n) is 12.9. The number of fused-ring (bicyclic) bond motifs is 1. The zero-order chi connectivity index (χ0) is 16.1. The van der Waals surface area contributed by atoms with Crippen molar-refractivity contribution in [3.63, 3.8) is 0 Å². The molecule has 2 rings (SSSR count). The number of ether oxygens (including phenoxy) is 1. The number of anilines is 1. The summed E-state index contributed by atoms with van der Waals surface area (Å²) in [6.07, 6.45) is 3.23. The molecule has 2 aromatic rings. The Morgan fingerprint density at radius 1 is 1.36 bits per heavy atom. The molecule has 0 radical (unpaired) electrons. The van der Waals surface area contributed by atoms with Gasteiger partial charge in [-0.3, -0.25) is 4.79 Å². The lowest BCUT2D eigenvalue weighted by molar-refractivity contribution is -0.145. The topological polar surface area (TPSA) is 68.5 Å². The fourth-order valence-corrected chi connectivity index (χ4v) is 1.87. The van der Waals surface area contributed by atoms with E-state index in [1.165, 1.54) is 0 Å². The van der Waals surface area contributed by atoms with Crippen molar-refractivity contribution in [3.05, 3.63) is 46.3 Å². The molecule has 1 N–H and O–H groups in total. The molecule has 0 aliphatic rings. The second-order valence-electron chi connectivity index (χ2n) is 5.18. The summed E-state index contributed by atoms with van der Waals surface area (Å²) < 4.78 is 10.3. The molecule has 5 heteroatoms. The number of hydrogen-bond acceptors (Lipinski definition) is 5. The number of benzene rings is 1. The van der Waals surface area contributed by atoms with Gasteiger partial charge in [-0.15, -0.1) is 0 Å². The molecule has 0 saturated carbocycles. The molecular formula is C17H19NO4. The van der Waals surface area contributed by atoms with Crippen LogP contribution < -0.4 is 10.9 Å². The number of carbonyl (C=O) groups excluding carboxylic acids is 1. The molecule has 0 fully saturated rings. The van der Waals surface area contributed by atoms with Gasteiger partial charge in [-0.2, -0.15) is 0 Å². The van der Waals surface area contributed by atoms with E-state index >= 15 is 0 Å². The van der Waals surface area contributed by atoms with Crippen molar-refractivity contribution < 1.29 is 13.9 Å². The smallest absolute Gasteiger partial charge is 0.343 e. The number of rotatable bonds is 5. The molecule has 1 aromatic heterocycles. The maximum atomic E-state index is 11.9. The predicted molar refractivity (Wildman–Crippen MR) is 86.9 cm³/mol. The maximum Gasteiger partial charge on any atom is 0.343 e. The van der Waals surface area contributed by atoms with Crippen LogP contribution in [0.2, 0.25) is 0 Å². The van der Waals surface area contributed by atoms with Crippen LogP contribution >= 0.6 is 0 Å². The molecule has 0 unspecified atom stereocenters. The average Bonchev–Trinajstić information content (AvgIpc) is 2.50. The minimum absolute atomic E-state index is 0.132. The first-order valence-corrected chi connectivity index (χ1v) is 7.10. The molecule has 0 aliphatic carbocycles. The van der Waals surface area contributed by atoms with Gasteiger partial charge in [0.15, 0.2) is 0 Å². The van der Waals surface area contributed by atoms with E-state index in [2.05, 4.69) is 5.32 Å². The van der Waals surface area contributed by atoms with Crippen molar-refractivity contribution in [2.24, 2.45) is 5.92 Å². The van der Waals surface area contributed by atoms with Crippen LogP contribution in [0, 0.1) is 5.92 Å². The van der Waals surface area contributed by atoms with Crippen LogP contribution in [0.3, 0.4) is 0 Å². The van der Waals surface area contributed by atoms with Crippen LogP contribution in [-0.2, 0) is 9.53 Å². The van der Waals surface area contributed by atoms with Crippen LogP contribution in [0.15, 0.2) is 39.6 Å². The van der Waals surface area contributed by atoms with Gasteiger partial charge < -0.3 is 14.5 Å². The summed E-state index contributed by atoms with van der Waals surface area (Å²) >= 11 is 0. The Morgan fingerprint density at radius 3 is 2.82 bits per heavy atom. The van der Waals surface area contributed by atoms with E-state index in [0.29, 0.717) is 11.1 Å². The van der Waals surface area contributed by atoms with Crippen LogP contribution in [0.25, 0.3) is 17.0 Å². The largest absolute Gasteiger partial charge is 0.461 e. The van der Waals surface area contributed by atoms with Crippen molar-refractivity contribution in [1.29, 1.82) is 0 Å². The van der Waals surface area contributed by atoms with E-state index in [4.69, 9.17) is 9.15 Å². The fraction of sp³-hybridized carbons (Fsp3) is 0.294. The lowest BCUT2D eigenvalue weighted by atomic mass is 10.1. The molecule has 0 spiro atoms. The average molecular weight is 301 g/mol. The molecular weight excluding hydrogens is 282 g/mol. The second kappa shape index (κ2) is 6.93. The second-order valence-corrected chi connectivity index (χ2v) is 5.18. The SMILES string of the molecule is CNc1ccc2cc(/C=C/COC(=O)C(C)C)c(=O)oc2c1. The molecule has 5 nitrogen and oxygen atoms in total. The van der Waals surface area contributed by atoms with Crippen LogP contribution in [-0.4, -0.2) is 19.6 Å². The van der Waals surface area contributed by atoms with Crippen molar-refractivity contribution >= 4 is 28.7 Å². The molecule has 116 valence electrons. The van der Waals surface area contributed by atoms with E-state index in [0.717, 1.165) is 11.1 Å². The minimum Gasteiger partial charge on any atom is -0.461 e. The molecule has 0 bridgehead atoms. The summed E-state index contributed by atoms with van der Waals surface area (Å²) in [6, 6.07) is 7.30. The van der Waals surface area contributed by atoms with E-state index in [-0.39, 0.29) is 18.5 Å². The number of nitrogens with one attached hydrogen (secondary N) is 1. The van der Waals surface area contributed by atoms with Crippen molar-refractivity contribution in [1.82, 2.24) is 0 Å². The Bertz CT molecular complexity index is 759. The highest BCUT2D eigenvalue weighted by Crippen LogP contribution is 2.18. The number of carbonyl (C=O) groups is 1. The van der Waals surface area contributed by atoms with E-state index in [1.807, 2.05) is 12.1 Å². The summed E-state index contributed by atoms with van der Waals surface area (Å²) in [7, 11) is 1.80. The van der Waals surface area contributed by atoms with Crippen LogP contribution in [0.5, 0.6) is 0 Å². The van der Waals surface area contributed by atoms with Crippen LogP contribution in [0.1, 0.15) is 19.4 Å².